The topological polar surface area (TPSA) is 17.8 Å². The van der Waals surface area contributed by atoms with Crippen molar-refractivity contribution in [2.24, 2.45) is 7.05 Å². The Bertz CT molecular complexity index is 476. The molecule has 1 aromatic heterocycles. The molecule has 0 radical (unpaired) electrons. The Labute approximate surface area is 83.5 Å². The highest BCUT2D eigenvalue weighted by atomic mass is 79.9. The van der Waals surface area contributed by atoms with Crippen molar-refractivity contribution in [3.8, 4) is 0 Å². The number of hydrogen-bond acceptors (Lipinski definition) is 1. The molecule has 0 unspecified atom stereocenters. The van der Waals surface area contributed by atoms with Crippen LogP contribution < -0.4 is 0 Å². The maximum atomic E-state index is 13.1. The van der Waals surface area contributed by atoms with E-state index in [-0.39, 0.29) is 5.82 Å². The Morgan fingerprint density at radius 2 is 2.15 bits per heavy atom. The molecule has 2 rings (SSSR count). The summed E-state index contributed by atoms with van der Waals surface area (Å²) < 4.78 is 15.3. The van der Waals surface area contributed by atoms with E-state index in [0.29, 0.717) is 9.99 Å². The molecular weight excluding hydrogens is 235 g/mol. The molecule has 0 amide bonds. The van der Waals surface area contributed by atoms with Gasteiger partial charge >= 0.3 is 0 Å². The van der Waals surface area contributed by atoms with Crippen LogP contribution in [0.5, 0.6) is 0 Å². The highest BCUT2D eigenvalue weighted by molar-refractivity contribution is 9.10. The number of hydrogen-bond donors (Lipinski definition) is 0. The SMILES string of the molecule is Cc1c2cc(Br)c(F)cc2nn1C. The number of fused-ring (bicyclic) bond motifs is 1. The summed E-state index contributed by atoms with van der Waals surface area (Å²) in [7, 11) is 1.85. The molecule has 0 aliphatic rings. The van der Waals surface area contributed by atoms with Crippen molar-refractivity contribution in [2.75, 3.05) is 0 Å². The fraction of sp³-hybridized carbons (Fsp3) is 0.222. The molecule has 68 valence electrons. The van der Waals surface area contributed by atoms with Crippen molar-refractivity contribution in [1.29, 1.82) is 0 Å². The van der Waals surface area contributed by atoms with Crippen LogP contribution in [0.2, 0.25) is 0 Å². The molecule has 0 spiro atoms. The van der Waals surface area contributed by atoms with Gasteiger partial charge in [-0.3, -0.25) is 4.68 Å². The smallest absolute Gasteiger partial charge is 0.139 e. The number of rotatable bonds is 0. The third-order valence-corrected chi connectivity index (χ3v) is 2.78. The Morgan fingerprint density at radius 1 is 1.46 bits per heavy atom. The monoisotopic (exact) mass is 242 g/mol. The Balaban J connectivity index is 2.89. The standard InChI is InChI=1S/C9H8BrFN2/c1-5-6-3-7(10)8(11)4-9(6)12-13(5)2/h3-4H,1-2H3. The molecule has 2 nitrogen and oxygen atoms in total. The van der Waals surface area contributed by atoms with Gasteiger partial charge in [-0.15, -0.1) is 0 Å². The Morgan fingerprint density at radius 3 is 2.85 bits per heavy atom. The van der Waals surface area contributed by atoms with Gasteiger partial charge in [0.1, 0.15) is 5.82 Å². The fourth-order valence-corrected chi connectivity index (χ4v) is 1.66. The van der Waals surface area contributed by atoms with E-state index in [9.17, 15) is 4.39 Å². The second-order valence-electron chi connectivity index (χ2n) is 2.99. The minimum atomic E-state index is -0.273. The summed E-state index contributed by atoms with van der Waals surface area (Å²) in [6.07, 6.45) is 0. The van der Waals surface area contributed by atoms with Crippen LogP contribution in [-0.2, 0) is 7.05 Å². The maximum Gasteiger partial charge on any atom is 0.139 e. The molecule has 0 saturated carbocycles. The zero-order valence-corrected chi connectivity index (χ0v) is 8.89. The molecule has 13 heavy (non-hydrogen) atoms. The van der Waals surface area contributed by atoms with Crippen molar-refractivity contribution < 1.29 is 4.39 Å². The van der Waals surface area contributed by atoms with Crippen LogP contribution in [0.3, 0.4) is 0 Å². The van der Waals surface area contributed by atoms with Crippen LogP contribution in [0.1, 0.15) is 5.69 Å². The Hall–Kier alpha value is -0.900. The molecule has 1 heterocycles. The first kappa shape index (κ1) is 8.69. The van der Waals surface area contributed by atoms with Crippen molar-refractivity contribution in [2.45, 2.75) is 6.92 Å². The largest absolute Gasteiger partial charge is 0.272 e. The van der Waals surface area contributed by atoms with Gasteiger partial charge in [-0.2, -0.15) is 5.10 Å². The van der Waals surface area contributed by atoms with E-state index < -0.39 is 0 Å². The first-order valence-corrected chi connectivity index (χ1v) is 4.67. The van der Waals surface area contributed by atoms with Crippen LogP contribution in [0.4, 0.5) is 4.39 Å². The summed E-state index contributed by atoms with van der Waals surface area (Å²) in [5.41, 5.74) is 1.73. The number of aromatic nitrogens is 2. The lowest BCUT2D eigenvalue weighted by Gasteiger charge is -1.94. The summed E-state index contributed by atoms with van der Waals surface area (Å²) >= 11 is 3.15. The van der Waals surface area contributed by atoms with E-state index in [1.165, 1.54) is 6.07 Å². The third-order valence-electron chi connectivity index (χ3n) is 2.17. The van der Waals surface area contributed by atoms with Crippen LogP contribution in [0.15, 0.2) is 16.6 Å². The molecule has 0 N–H and O–H groups in total. The first-order valence-electron chi connectivity index (χ1n) is 3.88. The second kappa shape index (κ2) is 2.80. The molecule has 2 aromatic rings. The normalized spacial score (nSPS) is 11.1. The first-order chi connectivity index (χ1) is 6.09. The van der Waals surface area contributed by atoms with Gasteiger partial charge in [0.25, 0.3) is 0 Å². The number of aryl methyl sites for hydroxylation is 2. The second-order valence-corrected chi connectivity index (χ2v) is 3.85. The highest BCUT2D eigenvalue weighted by Gasteiger charge is 2.08. The van der Waals surface area contributed by atoms with Crippen molar-refractivity contribution in [1.82, 2.24) is 9.78 Å². The summed E-state index contributed by atoms with van der Waals surface area (Å²) in [4.78, 5) is 0. The molecule has 0 saturated heterocycles. The van der Waals surface area contributed by atoms with E-state index in [1.807, 2.05) is 14.0 Å². The van der Waals surface area contributed by atoms with Gasteiger partial charge < -0.3 is 0 Å². The average molecular weight is 243 g/mol. The van der Waals surface area contributed by atoms with E-state index in [2.05, 4.69) is 21.0 Å². The zero-order chi connectivity index (χ0) is 9.59. The summed E-state index contributed by atoms with van der Waals surface area (Å²) in [5, 5.41) is 5.15. The number of benzene rings is 1. The molecule has 0 aliphatic heterocycles. The lowest BCUT2D eigenvalue weighted by molar-refractivity contribution is 0.622. The van der Waals surface area contributed by atoms with Crippen molar-refractivity contribution in [3.63, 3.8) is 0 Å². The van der Waals surface area contributed by atoms with Gasteiger partial charge in [-0.05, 0) is 28.9 Å². The molecule has 0 aliphatic carbocycles. The van der Waals surface area contributed by atoms with Gasteiger partial charge in [0, 0.05) is 24.2 Å². The zero-order valence-electron chi connectivity index (χ0n) is 7.31. The van der Waals surface area contributed by atoms with E-state index in [1.54, 1.807) is 10.7 Å². The third kappa shape index (κ3) is 1.25. The fourth-order valence-electron chi connectivity index (χ4n) is 1.32. The molecule has 1 aromatic carbocycles. The van der Waals surface area contributed by atoms with Crippen LogP contribution in [-0.4, -0.2) is 9.78 Å². The molecule has 0 fully saturated rings. The van der Waals surface area contributed by atoms with Crippen LogP contribution in [0, 0.1) is 12.7 Å². The predicted molar refractivity (Wildman–Crippen MR) is 53.1 cm³/mol. The van der Waals surface area contributed by atoms with Crippen molar-refractivity contribution in [3.05, 3.63) is 28.1 Å². The van der Waals surface area contributed by atoms with Gasteiger partial charge in [-0.1, -0.05) is 0 Å². The van der Waals surface area contributed by atoms with E-state index >= 15 is 0 Å². The quantitative estimate of drug-likeness (QED) is 0.695. The molecule has 0 atom stereocenters. The lowest BCUT2D eigenvalue weighted by atomic mass is 10.2. The van der Waals surface area contributed by atoms with Gasteiger partial charge in [0.05, 0.1) is 9.99 Å². The average Bonchev–Trinajstić information content (AvgIpc) is 2.32. The van der Waals surface area contributed by atoms with Gasteiger partial charge in [0.2, 0.25) is 0 Å². The van der Waals surface area contributed by atoms with E-state index in [4.69, 9.17) is 0 Å². The number of nitrogens with zero attached hydrogens (tertiary/aromatic N) is 2. The van der Waals surface area contributed by atoms with Crippen LogP contribution >= 0.6 is 15.9 Å². The Kier molecular flexibility index (Phi) is 1.87. The summed E-state index contributed by atoms with van der Waals surface area (Å²) in [6.45, 7) is 1.96. The minimum Gasteiger partial charge on any atom is -0.272 e. The van der Waals surface area contributed by atoms with E-state index in [0.717, 1.165) is 11.1 Å². The predicted octanol–water partition coefficient (Wildman–Crippen LogP) is 2.78. The summed E-state index contributed by atoms with van der Waals surface area (Å²) in [6, 6.07) is 3.19. The molecular formula is C9H8BrFN2. The van der Waals surface area contributed by atoms with Crippen LogP contribution in [0.25, 0.3) is 10.9 Å². The maximum absolute atomic E-state index is 13.1. The number of halogens is 2. The lowest BCUT2D eigenvalue weighted by Crippen LogP contribution is -1.91. The highest BCUT2D eigenvalue weighted by Crippen LogP contribution is 2.24. The molecule has 4 heteroatoms. The minimum absolute atomic E-state index is 0.273. The van der Waals surface area contributed by atoms with Gasteiger partial charge in [-0.25, -0.2) is 4.39 Å². The van der Waals surface area contributed by atoms with Crippen molar-refractivity contribution >= 4 is 26.8 Å². The molecule has 0 bridgehead atoms. The van der Waals surface area contributed by atoms with Gasteiger partial charge in [0.15, 0.2) is 0 Å². The summed E-state index contributed by atoms with van der Waals surface area (Å²) in [5.74, 6) is -0.273.